The molecule has 0 aromatic heterocycles. The van der Waals surface area contributed by atoms with Crippen LogP contribution in [0, 0.1) is 23.3 Å². The molecule has 0 aliphatic heterocycles. The lowest BCUT2D eigenvalue weighted by molar-refractivity contribution is 0.451. The number of hydrogen-bond donors (Lipinski definition) is 2. The Balaban J connectivity index is 2.40. The highest BCUT2D eigenvalue weighted by Crippen LogP contribution is 2.29. The van der Waals surface area contributed by atoms with E-state index in [4.69, 9.17) is 11.5 Å². The van der Waals surface area contributed by atoms with Gasteiger partial charge in [-0.1, -0.05) is 24.3 Å². The quantitative estimate of drug-likeness (QED) is 0.851. The lowest BCUT2D eigenvalue weighted by Crippen LogP contribution is -2.28. The summed E-state index contributed by atoms with van der Waals surface area (Å²) in [5.41, 5.74) is 11.1. The smallest absolute Gasteiger partial charge is 0.163 e. The van der Waals surface area contributed by atoms with E-state index in [0.717, 1.165) is 12.1 Å². The molecule has 0 radical (unpaired) electrons. The summed E-state index contributed by atoms with van der Waals surface area (Å²) < 4.78 is 53.5. The average Bonchev–Trinajstić information content (AvgIpc) is 2.43. The Morgan fingerprint density at radius 3 is 1.35 bits per heavy atom. The van der Waals surface area contributed by atoms with E-state index in [0.29, 0.717) is 0 Å². The van der Waals surface area contributed by atoms with Crippen molar-refractivity contribution in [3.8, 4) is 0 Å². The van der Waals surface area contributed by atoms with E-state index in [-0.39, 0.29) is 11.1 Å². The Bertz CT molecular complexity index is 575. The van der Waals surface area contributed by atoms with Crippen LogP contribution in [0.1, 0.15) is 23.2 Å². The fourth-order valence-electron chi connectivity index (χ4n) is 1.94. The minimum atomic E-state index is -1.21. The van der Waals surface area contributed by atoms with Crippen molar-refractivity contribution >= 4 is 0 Å². The van der Waals surface area contributed by atoms with Gasteiger partial charge in [-0.25, -0.2) is 17.6 Å². The summed E-state index contributed by atoms with van der Waals surface area (Å²) in [4.78, 5) is 0. The molecule has 0 heterocycles. The monoisotopic (exact) mass is 284 g/mol. The Kier molecular flexibility index (Phi) is 4.06. The SMILES string of the molecule is N[C@@H](c1cccc(F)c1F)[C@@H](N)c1cccc(F)c1F. The lowest BCUT2D eigenvalue weighted by atomic mass is 9.94. The maximum absolute atomic E-state index is 13.6. The minimum Gasteiger partial charge on any atom is -0.322 e. The third-order valence-electron chi connectivity index (χ3n) is 3.07. The number of benzene rings is 2. The van der Waals surface area contributed by atoms with E-state index in [9.17, 15) is 17.6 Å². The standard InChI is InChI=1S/C14H12F4N2/c15-9-5-1-3-7(11(9)17)13(19)14(20)8-4-2-6-10(16)12(8)18/h1-6,13-14H,19-20H2/t13-,14-/m0/s1. The predicted octanol–water partition coefficient (Wildman–Crippen LogP) is 2.94. The fraction of sp³-hybridized carbons (Fsp3) is 0.143. The zero-order chi connectivity index (χ0) is 14.9. The minimum absolute atomic E-state index is 0.193. The fourth-order valence-corrected chi connectivity index (χ4v) is 1.94. The van der Waals surface area contributed by atoms with Crippen LogP contribution in [0.3, 0.4) is 0 Å². The van der Waals surface area contributed by atoms with Crippen molar-refractivity contribution in [2.24, 2.45) is 11.5 Å². The van der Waals surface area contributed by atoms with Gasteiger partial charge in [0, 0.05) is 11.1 Å². The van der Waals surface area contributed by atoms with Gasteiger partial charge in [0.25, 0.3) is 0 Å². The topological polar surface area (TPSA) is 52.0 Å². The Morgan fingerprint density at radius 1 is 0.650 bits per heavy atom. The van der Waals surface area contributed by atoms with Crippen molar-refractivity contribution in [3.05, 3.63) is 70.8 Å². The lowest BCUT2D eigenvalue weighted by Gasteiger charge is -2.21. The molecule has 2 aromatic rings. The summed E-state index contributed by atoms with van der Waals surface area (Å²) in [5.74, 6) is -4.45. The van der Waals surface area contributed by atoms with Crippen molar-refractivity contribution in [2.75, 3.05) is 0 Å². The van der Waals surface area contributed by atoms with Crippen molar-refractivity contribution < 1.29 is 17.6 Å². The Morgan fingerprint density at radius 2 is 1.00 bits per heavy atom. The van der Waals surface area contributed by atoms with Crippen LogP contribution in [0.25, 0.3) is 0 Å². The third kappa shape index (κ3) is 2.52. The van der Waals surface area contributed by atoms with Crippen molar-refractivity contribution in [1.29, 1.82) is 0 Å². The summed E-state index contributed by atoms with van der Waals surface area (Å²) in [6.45, 7) is 0. The molecule has 2 rings (SSSR count). The third-order valence-corrected chi connectivity index (χ3v) is 3.07. The predicted molar refractivity (Wildman–Crippen MR) is 66.6 cm³/mol. The van der Waals surface area contributed by atoms with Crippen molar-refractivity contribution in [3.63, 3.8) is 0 Å². The highest BCUT2D eigenvalue weighted by molar-refractivity contribution is 5.29. The molecule has 0 spiro atoms. The molecule has 0 fully saturated rings. The highest BCUT2D eigenvalue weighted by atomic mass is 19.2. The maximum Gasteiger partial charge on any atom is 0.163 e. The summed E-state index contributed by atoms with van der Waals surface area (Å²) in [5, 5.41) is 0. The van der Waals surface area contributed by atoms with Gasteiger partial charge in [-0.15, -0.1) is 0 Å². The molecule has 20 heavy (non-hydrogen) atoms. The molecular weight excluding hydrogens is 272 g/mol. The van der Waals surface area contributed by atoms with Gasteiger partial charge in [0.15, 0.2) is 23.3 Å². The molecule has 0 bridgehead atoms. The van der Waals surface area contributed by atoms with Crippen LogP contribution in [0.15, 0.2) is 36.4 Å². The molecule has 0 unspecified atom stereocenters. The second-order valence-corrected chi connectivity index (χ2v) is 4.34. The molecular formula is C14H12F4N2. The van der Waals surface area contributed by atoms with Gasteiger partial charge >= 0.3 is 0 Å². The molecule has 0 amide bonds. The first-order chi connectivity index (χ1) is 9.43. The van der Waals surface area contributed by atoms with Crippen LogP contribution < -0.4 is 11.5 Å². The van der Waals surface area contributed by atoms with E-state index in [2.05, 4.69) is 0 Å². The molecule has 6 heteroatoms. The molecule has 2 aromatic carbocycles. The van der Waals surface area contributed by atoms with Gasteiger partial charge in [0.1, 0.15) is 0 Å². The van der Waals surface area contributed by atoms with E-state index in [1.807, 2.05) is 0 Å². The molecule has 0 saturated heterocycles. The van der Waals surface area contributed by atoms with Crippen LogP contribution in [-0.2, 0) is 0 Å². The summed E-state index contributed by atoms with van der Waals surface area (Å²) >= 11 is 0. The molecule has 106 valence electrons. The van der Waals surface area contributed by atoms with E-state index >= 15 is 0 Å². The largest absolute Gasteiger partial charge is 0.322 e. The second-order valence-electron chi connectivity index (χ2n) is 4.34. The second kappa shape index (κ2) is 5.60. The first-order valence-corrected chi connectivity index (χ1v) is 5.82. The first kappa shape index (κ1) is 14.5. The molecule has 0 aliphatic carbocycles. The Labute approximate surface area is 113 Å². The normalized spacial score (nSPS) is 14.1. The molecule has 0 aliphatic rings. The van der Waals surface area contributed by atoms with Crippen molar-refractivity contribution in [2.45, 2.75) is 12.1 Å². The summed E-state index contributed by atoms with van der Waals surface area (Å²) in [7, 11) is 0. The zero-order valence-corrected chi connectivity index (χ0v) is 10.3. The van der Waals surface area contributed by atoms with Gasteiger partial charge in [0.2, 0.25) is 0 Å². The summed E-state index contributed by atoms with van der Waals surface area (Å²) in [6.07, 6.45) is 0. The Hall–Kier alpha value is -1.92. The van der Waals surface area contributed by atoms with Gasteiger partial charge in [-0.2, -0.15) is 0 Å². The zero-order valence-electron chi connectivity index (χ0n) is 10.3. The van der Waals surface area contributed by atoms with Gasteiger partial charge < -0.3 is 11.5 Å². The van der Waals surface area contributed by atoms with Crippen LogP contribution in [0.5, 0.6) is 0 Å². The van der Waals surface area contributed by atoms with E-state index < -0.39 is 35.4 Å². The maximum atomic E-state index is 13.6. The summed E-state index contributed by atoms with van der Waals surface area (Å²) in [6, 6.07) is 4.48. The van der Waals surface area contributed by atoms with Gasteiger partial charge in [0.05, 0.1) is 12.1 Å². The molecule has 4 N–H and O–H groups in total. The number of hydrogen-bond acceptors (Lipinski definition) is 2. The number of rotatable bonds is 3. The van der Waals surface area contributed by atoms with E-state index in [1.54, 1.807) is 0 Å². The van der Waals surface area contributed by atoms with E-state index in [1.165, 1.54) is 24.3 Å². The highest BCUT2D eigenvalue weighted by Gasteiger charge is 2.25. The molecule has 0 saturated carbocycles. The number of nitrogens with two attached hydrogens (primary N) is 2. The first-order valence-electron chi connectivity index (χ1n) is 5.82. The van der Waals surface area contributed by atoms with Crippen LogP contribution in [0.4, 0.5) is 17.6 Å². The average molecular weight is 284 g/mol. The molecule has 2 atom stereocenters. The van der Waals surface area contributed by atoms with Gasteiger partial charge in [-0.3, -0.25) is 0 Å². The van der Waals surface area contributed by atoms with Crippen LogP contribution >= 0.6 is 0 Å². The van der Waals surface area contributed by atoms with Crippen LogP contribution in [-0.4, -0.2) is 0 Å². The number of halogens is 4. The molecule has 2 nitrogen and oxygen atoms in total. The van der Waals surface area contributed by atoms with Crippen LogP contribution in [0.2, 0.25) is 0 Å². The van der Waals surface area contributed by atoms with Gasteiger partial charge in [-0.05, 0) is 12.1 Å². The van der Waals surface area contributed by atoms with Crippen molar-refractivity contribution in [1.82, 2.24) is 0 Å².